The van der Waals surface area contributed by atoms with Crippen LogP contribution in [0.2, 0.25) is 5.02 Å². The lowest BCUT2D eigenvalue weighted by molar-refractivity contribution is -0.126. The van der Waals surface area contributed by atoms with E-state index in [-0.39, 0.29) is 23.1 Å². The molecule has 2 aromatic carbocycles. The lowest BCUT2D eigenvalue weighted by Gasteiger charge is -2.18. The highest BCUT2D eigenvalue weighted by atomic mass is 35.5. The van der Waals surface area contributed by atoms with Gasteiger partial charge in [-0.1, -0.05) is 109 Å². The molecule has 2 N–H and O–H groups in total. The Bertz CT molecular complexity index is 1470. The summed E-state index contributed by atoms with van der Waals surface area (Å²) in [6.45, 7) is 7.78. The van der Waals surface area contributed by atoms with Crippen molar-refractivity contribution in [3.8, 4) is 5.75 Å². The summed E-state index contributed by atoms with van der Waals surface area (Å²) in [5, 5.41) is 8.64. The van der Waals surface area contributed by atoms with E-state index in [0.717, 1.165) is 36.8 Å². The van der Waals surface area contributed by atoms with E-state index in [1.807, 2.05) is 19.9 Å². The lowest BCUT2D eigenvalue weighted by Crippen LogP contribution is -2.41. The summed E-state index contributed by atoms with van der Waals surface area (Å²) in [5.41, 5.74) is 2.68. The SMILES string of the molecule is CCCCCCCCCCCCCCCc1cc(OC(CC)C(=O)NC2=NN(c3c(C)cc(C)cc3Cl)C(=O)C2)ccc1S(=O)(=O)O. The van der Waals surface area contributed by atoms with Crippen LogP contribution in [-0.4, -0.2) is 36.7 Å². The van der Waals surface area contributed by atoms with Gasteiger partial charge in [0.25, 0.3) is 21.9 Å². The molecule has 0 spiro atoms. The van der Waals surface area contributed by atoms with Crippen molar-refractivity contribution in [1.82, 2.24) is 5.32 Å². The first-order valence-corrected chi connectivity index (χ1v) is 19.0. The number of ether oxygens (including phenoxy) is 1. The highest BCUT2D eigenvalue weighted by Crippen LogP contribution is 2.33. The summed E-state index contributed by atoms with van der Waals surface area (Å²) in [5.74, 6) is -0.300. The van der Waals surface area contributed by atoms with Crippen LogP contribution in [0.15, 0.2) is 40.3 Å². The fraction of sp³-hybridized carbons (Fsp3) is 0.583. The Labute approximate surface area is 286 Å². The predicted octanol–water partition coefficient (Wildman–Crippen LogP) is 8.86. The van der Waals surface area contributed by atoms with Crippen molar-refractivity contribution in [3.05, 3.63) is 52.0 Å². The van der Waals surface area contributed by atoms with Gasteiger partial charge >= 0.3 is 0 Å². The maximum Gasteiger partial charge on any atom is 0.294 e. The molecule has 9 nitrogen and oxygen atoms in total. The number of hydrazone groups is 1. The van der Waals surface area contributed by atoms with E-state index in [1.165, 1.54) is 74.9 Å². The largest absolute Gasteiger partial charge is 0.481 e. The smallest absolute Gasteiger partial charge is 0.294 e. The summed E-state index contributed by atoms with van der Waals surface area (Å²) in [4.78, 5) is 25.8. The summed E-state index contributed by atoms with van der Waals surface area (Å²) in [7, 11) is -4.42. The molecule has 0 fully saturated rings. The molecule has 1 unspecified atom stereocenters. The minimum absolute atomic E-state index is 0.0991. The number of nitrogens with zero attached hydrogens (tertiary/aromatic N) is 2. The molecule has 3 rings (SSSR count). The van der Waals surface area contributed by atoms with Gasteiger partial charge in [0.05, 0.1) is 22.0 Å². The van der Waals surface area contributed by atoms with Gasteiger partial charge < -0.3 is 10.1 Å². The highest BCUT2D eigenvalue weighted by molar-refractivity contribution is 7.85. The molecular weight excluding hydrogens is 638 g/mol. The Morgan fingerprint density at radius 2 is 1.55 bits per heavy atom. The molecule has 1 aliphatic heterocycles. The number of benzene rings is 2. The van der Waals surface area contributed by atoms with Gasteiger partial charge in [0.15, 0.2) is 6.10 Å². The van der Waals surface area contributed by atoms with Crippen molar-refractivity contribution in [3.63, 3.8) is 0 Å². The standard InChI is InChI=1S/C36H52ClN3O6S/c1-5-7-8-9-10-11-12-13-14-15-16-17-18-19-28-24-29(20-21-32(28)47(43,44)45)46-31(6-2)36(42)38-33-25-34(41)40(39-33)35-27(4)22-26(3)23-30(35)37/h20-24,31H,5-19,25H2,1-4H3,(H,38,39,42)(H,43,44,45). The van der Waals surface area contributed by atoms with Crippen LogP contribution in [0.25, 0.3) is 0 Å². The maximum atomic E-state index is 13.2. The van der Waals surface area contributed by atoms with Crippen LogP contribution in [0.1, 0.15) is 127 Å². The second kappa shape index (κ2) is 19.1. The van der Waals surface area contributed by atoms with Gasteiger partial charge in [0.1, 0.15) is 11.6 Å². The van der Waals surface area contributed by atoms with Gasteiger partial charge in [-0.15, -0.1) is 0 Å². The van der Waals surface area contributed by atoms with Crippen LogP contribution in [-0.2, 0) is 26.1 Å². The molecule has 1 aliphatic rings. The van der Waals surface area contributed by atoms with Gasteiger partial charge in [0, 0.05) is 0 Å². The Hall–Kier alpha value is -2.95. The number of carbonyl (C=O) groups is 2. The Kier molecular flexibility index (Phi) is 15.7. The van der Waals surface area contributed by atoms with E-state index in [4.69, 9.17) is 16.3 Å². The number of hydrogen-bond donors (Lipinski definition) is 2. The Balaban J connectivity index is 1.54. The minimum Gasteiger partial charge on any atom is -0.481 e. The quantitative estimate of drug-likeness (QED) is 0.106. The molecule has 0 aliphatic carbocycles. The van der Waals surface area contributed by atoms with E-state index in [9.17, 15) is 22.6 Å². The summed E-state index contributed by atoms with van der Waals surface area (Å²) < 4.78 is 40.0. The van der Waals surface area contributed by atoms with Crippen LogP contribution in [0, 0.1) is 13.8 Å². The van der Waals surface area contributed by atoms with Gasteiger partial charge in [-0.2, -0.15) is 18.5 Å². The molecule has 1 heterocycles. The number of anilines is 1. The van der Waals surface area contributed by atoms with Crippen molar-refractivity contribution in [1.29, 1.82) is 0 Å². The van der Waals surface area contributed by atoms with Crippen LogP contribution in [0.5, 0.6) is 5.75 Å². The molecule has 0 bridgehead atoms. The van der Waals surface area contributed by atoms with Crippen molar-refractivity contribution in [2.75, 3.05) is 5.01 Å². The second-order valence-electron chi connectivity index (χ2n) is 12.6. The fourth-order valence-electron chi connectivity index (χ4n) is 5.97. The highest BCUT2D eigenvalue weighted by Gasteiger charge is 2.31. The van der Waals surface area contributed by atoms with Crippen LogP contribution < -0.4 is 15.1 Å². The monoisotopic (exact) mass is 689 g/mol. The van der Waals surface area contributed by atoms with E-state index in [0.29, 0.717) is 34.9 Å². The van der Waals surface area contributed by atoms with Crippen LogP contribution >= 0.6 is 11.6 Å². The molecule has 47 heavy (non-hydrogen) atoms. The molecule has 0 aromatic heterocycles. The van der Waals surface area contributed by atoms with E-state index in [2.05, 4.69) is 17.3 Å². The van der Waals surface area contributed by atoms with Crippen molar-refractivity contribution < 1.29 is 27.3 Å². The molecule has 2 aromatic rings. The molecule has 0 radical (unpaired) electrons. The van der Waals surface area contributed by atoms with Gasteiger partial charge in [-0.3, -0.25) is 14.1 Å². The zero-order chi connectivity index (χ0) is 34.4. The number of hydrogen-bond acceptors (Lipinski definition) is 6. The lowest BCUT2D eigenvalue weighted by atomic mass is 10.0. The van der Waals surface area contributed by atoms with Crippen molar-refractivity contribution in [2.45, 2.75) is 141 Å². The second-order valence-corrected chi connectivity index (χ2v) is 14.4. The number of rotatable bonds is 20. The van der Waals surface area contributed by atoms with Gasteiger partial charge in [-0.25, -0.2) is 0 Å². The van der Waals surface area contributed by atoms with Crippen LogP contribution in [0.4, 0.5) is 5.69 Å². The number of unbranched alkanes of at least 4 members (excludes halogenated alkanes) is 12. The third-order valence-electron chi connectivity index (χ3n) is 8.45. The Morgan fingerprint density at radius 1 is 0.957 bits per heavy atom. The topological polar surface area (TPSA) is 125 Å². The van der Waals surface area contributed by atoms with Crippen molar-refractivity contribution >= 4 is 45.1 Å². The molecule has 0 saturated carbocycles. The van der Waals surface area contributed by atoms with Crippen LogP contribution in [0.3, 0.4) is 0 Å². The summed E-state index contributed by atoms with van der Waals surface area (Å²) >= 11 is 6.42. The number of carbonyl (C=O) groups excluding carboxylic acids is 2. The third-order valence-corrected chi connectivity index (χ3v) is 9.70. The van der Waals surface area contributed by atoms with Gasteiger partial charge in [-0.05, 0) is 74.1 Å². The molecule has 260 valence electrons. The van der Waals surface area contributed by atoms with E-state index >= 15 is 0 Å². The average molecular weight is 690 g/mol. The Morgan fingerprint density at radius 3 is 2.11 bits per heavy atom. The third kappa shape index (κ3) is 12.2. The number of nitrogens with one attached hydrogen (secondary N) is 1. The number of amides is 2. The maximum absolute atomic E-state index is 13.2. The molecule has 11 heteroatoms. The first-order chi connectivity index (χ1) is 22.4. The number of halogens is 1. The first-order valence-electron chi connectivity index (χ1n) is 17.2. The average Bonchev–Trinajstić information content (AvgIpc) is 3.35. The van der Waals surface area contributed by atoms with Gasteiger partial charge in [0.2, 0.25) is 0 Å². The minimum atomic E-state index is -4.42. The number of amidine groups is 1. The summed E-state index contributed by atoms with van der Waals surface area (Å²) in [6, 6.07) is 8.00. The number of aryl methyl sites for hydroxylation is 3. The summed E-state index contributed by atoms with van der Waals surface area (Å²) in [6.07, 6.45) is 15.4. The molecular formula is C36H52ClN3O6S. The molecule has 1 atom stereocenters. The first kappa shape index (κ1) is 38.5. The normalized spacial score (nSPS) is 14.0. The fourth-order valence-corrected chi connectivity index (χ4v) is 7.10. The molecule has 0 saturated heterocycles. The van der Waals surface area contributed by atoms with E-state index in [1.54, 1.807) is 19.1 Å². The zero-order valence-corrected chi connectivity index (χ0v) is 30.0. The predicted molar refractivity (Wildman–Crippen MR) is 189 cm³/mol. The van der Waals surface area contributed by atoms with E-state index < -0.39 is 22.1 Å². The van der Waals surface area contributed by atoms with Crippen molar-refractivity contribution in [2.24, 2.45) is 5.10 Å². The zero-order valence-electron chi connectivity index (χ0n) is 28.4. The molecule has 2 amide bonds.